The average Bonchev–Trinajstić information content (AvgIpc) is 3.05. The predicted molar refractivity (Wildman–Crippen MR) is 80.6 cm³/mol. The van der Waals surface area contributed by atoms with E-state index in [4.69, 9.17) is 9.26 Å². The molecule has 0 amide bonds. The standard InChI is InChI=1S/C16H12N2O4/c1-21-14-7-5-11(6-8-14)15-10-16(22-17-15)12-3-2-4-13(9-12)18(19)20/h2-10H,1H3. The average molecular weight is 296 g/mol. The smallest absolute Gasteiger partial charge is 0.270 e. The van der Waals surface area contributed by atoms with Crippen molar-refractivity contribution in [3.63, 3.8) is 0 Å². The highest BCUT2D eigenvalue weighted by Crippen LogP contribution is 2.28. The van der Waals surface area contributed by atoms with Crippen molar-refractivity contribution in [1.82, 2.24) is 5.16 Å². The maximum atomic E-state index is 10.8. The molecule has 0 atom stereocenters. The number of hydrogen-bond donors (Lipinski definition) is 0. The van der Waals surface area contributed by atoms with Crippen LogP contribution < -0.4 is 4.74 Å². The van der Waals surface area contributed by atoms with Gasteiger partial charge in [-0.3, -0.25) is 10.1 Å². The molecule has 110 valence electrons. The van der Waals surface area contributed by atoms with Crippen LogP contribution in [0.3, 0.4) is 0 Å². The first-order valence-electron chi connectivity index (χ1n) is 6.53. The fourth-order valence-corrected chi connectivity index (χ4v) is 2.08. The second kappa shape index (κ2) is 5.69. The molecule has 0 aliphatic heterocycles. The summed E-state index contributed by atoms with van der Waals surface area (Å²) in [6.45, 7) is 0. The highest BCUT2D eigenvalue weighted by molar-refractivity contribution is 5.68. The molecular formula is C16H12N2O4. The molecule has 0 bridgehead atoms. The molecule has 1 heterocycles. The van der Waals surface area contributed by atoms with Crippen LogP contribution in [0.25, 0.3) is 22.6 Å². The third kappa shape index (κ3) is 2.67. The Morgan fingerprint density at radius 1 is 1.09 bits per heavy atom. The van der Waals surface area contributed by atoms with E-state index in [1.807, 2.05) is 24.3 Å². The second-order valence-corrected chi connectivity index (χ2v) is 4.61. The first kappa shape index (κ1) is 13.8. The Labute approximate surface area is 126 Å². The topological polar surface area (TPSA) is 78.4 Å². The van der Waals surface area contributed by atoms with Crippen LogP contribution in [0.1, 0.15) is 0 Å². The summed E-state index contributed by atoms with van der Waals surface area (Å²) in [6, 6.07) is 15.4. The molecule has 0 aliphatic carbocycles. The van der Waals surface area contributed by atoms with E-state index in [0.717, 1.165) is 11.3 Å². The third-order valence-electron chi connectivity index (χ3n) is 3.24. The molecule has 6 nitrogen and oxygen atoms in total. The third-order valence-corrected chi connectivity index (χ3v) is 3.24. The summed E-state index contributed by atoms with van der Waals surface area (Å²) in [5.41, 5.74) is 2.16. The van der Waals surface area contributed by atoms with E-state index in [1.165, 1.54) is 12.1 Å². The number of ether oxygens (including phenoxy) is 1. The van der Waals surface area contributed by atoms with Crippen LogP contribution in [-0.4, -0.2) is 17.2 Å². The van der Waals surface area contributed by atoms with E-state index < -0.39 is 4.92 Å². The van der Waals surface area contributed by atoms with Gasteiger partial charge in [0.15, 0.2) is 5.76 Å². The number of hydrogen-bond acceptors (Lipinski definition) is 5. The van der Waals surface area contributed by atoms with E-state index in [0.29, 0.717) is 17.0 Å². The fraction of sp³-hybridized carbons (Fsp3) is 0.0625. The summed E-state index contributed by atoms with van der Waals surface area (Å²) in [6.07, 6.45) is 0. The Balaban J connectivity index is 1.93. The lowest BCUT2D eigenvalue weighted by Crippen LogP contribution is -1.87. The maximum Gasteiger partial charge on any atom is 0.270 e. The van der Waals surface area contributed by atoms with Crippen molar-refractivity contribution in [3.8, 4) is 28.3 Å². The first-order chi connectivity index (χ1) is 10.7. The normalized spacial score (nSPS) is 10.4. The van der Waals surface area contributed by atoms with Gasteiger partial charge in [-0.25, -0.2) is 0 Å². The van der Waals surface area contributed by atoms with E-state index in [1.54, 1.807) is 25.3 Å². The van der Waals surface area contributed by atoms with Gasteiger partial charge >= 0.3 is 0 Å². The van der Waals surface area contributed by atoms with Gasteiger partial charge in [0.1, 0.15) is 11.4 Å². The van der Waals surface area contributed by atoms with Gasteiger partial charge in [0.2, 0.25) is 0 Å². The zero-order valence-electron chi connectivity index (χ0n) is 11.7. The predicted octanol–water partition coefficient (Wildman–Crippen LogP) is 3.93. The number of benzene rings is 2. The van der Waals surface area contributed by atoms with Crippen LogP contribution in [-0.2, 0) is 0 Å². The molecule has 0 aliphatic rings. The van der Waals surface area contributed by atoms with Gasteiger partial charge in [-0.05, 0) is 24.3 Å². The van der Waals surface area contributed by atoms with Crippen LogP contribution in [0.2, 0.25) is 0 Å². The van der Waals surface area contributed by atoms with Crippen molar-refractivity contribution in [3.05, 3.63) is 64.7 Å². The molecule has 6 heteroatoms. The van der Waals surface area contributed by atoms with Gasteiger partial charge < -0.3 is 9.26 Å². The fourth-order valence-electron chi connectivity index (χ4n) is 2.08. The monoisotopic (exact) mass is 296 g/mol. The minimum atomic E-state index is -0.440. The Morgan fingerprint density at radius 3 is 2.55 bits per heavy atom. The molecule has 0 fully saturated rings. The van der Waals surface area contributed by atoms with Crippen molar-refractivity contribution in [2.75, 3.05) is 7.11 Å². The Hall–Kier alpha value is -3.15. The SMILES string of the molecule is COc1ccc(-c2cc(-c3cccc([N+](=O)[O-])c3)on2)cc1. The van der Waals surface area contributed by atoms with Gasteiger partial charge in [0.05, 0.1) is 12.0 Å². The molecule has 0 unspecified atom stereocenters. The lowest BCUT2D eigenvalue weighted by atomic mass is 10.1. The van der Waals surface area contributed by atoms with Gasteiger partial charge in [-0.15, -0.1) is 0 Å². The summed E-state index contributed by atoms with van der Waals surface area (Å²) >= 11 is 0. The minimum absolute atomic E-state index is 0.0138. The van der Waals surface area contributed by atoms with Crippen molar-refractivity contribution in [2.45, 2.75) is 0 Å². The van der Waals surface area contributed by atoms with Gasteiger partial charge in [-0.2, -0.15) is 0 Å². The van der Waals surface area contributed by atoms with E-state index in [2.05, 4.69) is 5.16 Å². The van der Waals surface area contributed by atoms with Crippen molar-refractivity contribution in [2.24, 2.45) is 0 Å². The lowest BCUT2D eigenvalue weighted by molar-refractivity contribution is -0.384. The molecule has 0 spiro atoms. The highest BCUT2D eigenvalue weighted by atomic mass is 16.6. The van der Waals surface area contributed by atoms with Crippen molar-refractivity contribution < 1.29 is 14.2 Å². The second-order valence-electron chi connectivity index (χ2n) is 4.61. The van der Waals surface area contributed by atoms with Gasteiger partial charge in [0.25, 0.3) is 5.69 Å². The Kier molecular flexibility index (Phi) is 3.57. The van der Waals surface area contributed by atoms with Crippen LogP contribution in [0.4, 0.5) is 5.69 Å². The molecule has 3 aromatic rings. The van der Waals surface area contributed by atoms with Crippen molar-refractivity contribution >= 4 is 5.69 Å². The van der Waals surface area contributed by atoms with Crippen LogP contribution >= 0.6 is 0 Å². The molecule has 2 aromatic carbocycles. The summed E-state index contributed by atoms with van der Waals surface area (Å²) < 4.78 is 10.4. The summed E-state index contributed by atoms with van der Waals surface area (Å²) in [5, 5.41) is 14.8. The molecule has 0 radical (unpaired) electrons. The Morgan fingerprint density at radius 2 is 1.86 bits per heavy atom. The lowest BCUT2D eigenvalue weighted by Gasteiger charge is -1.99. The quantitative estimate of drug-likeness (QED) is 0.538. The number of methoxy groups -OCH3 is 1. The highest BCUT2D eigenvalue weighted by Gasteiger charge is 2.12. The number of nitrogens with zero attached hydrogens (tertiary/aromatic N) is 2. The molecule has 0 N–H and O–H groups in total. The van der Waals surface area contributed by atoms with E-state index in [9.17, 15) is 10.1 Å². The molecule has 22 heavy (non-hydrogen) atoms. The summed E-state index contributed by atoms with van der Waals surface area (Å²) in [5.74, 6) is 1.24. The largest absolute Gasteiger partial charge is 0.497 e. The summed E-state index contributed by atoms with van der Waals surface area (Å²) in [4.78, 5) is 10.4. The molecular weight excluding hydrogens is 284 g/mol. The Bertz CT molecular complexity index is 809. The zero-order chi connectivity index (χ0) is 15.5. The number of rotatable bonds is 4. The minimum Gasteiger partial charge on any atom is -0.497 e. The van der Waals surface area contributed by atoms with Gasteiger partial charge in [0, 0.05) is 29.3 Å². The number of aromatic nitrogens is 1. The maximum absolute atomic E-state index is 10.8. The first-order valence-corrected chi connectivity index (χ1v) is 6.53. The molecule has 0 saturated carbocycles. The van der Waals surface area contributed by atoms with E-state index in [-0.39, 0.29) is 5.69 Å². The van der Waals surface area contributed by atoms with Crippen LogP contribution in [0.15, 0.2) is 59.1 Å². The number of nitro groups is 1. The van der Waals surface area contributed by atoms with Crippen LogP contribution in [0, 0.1) is 10.1 Å². The molecule has 0 saturated heterocycles. The summed E-state index contributed by atoms with van der Waals surface area (Å²) in [7, 11) is 1.60. The number of nitro benzene ring substituents is 1. The van der Waals surface area contributed by atoms with Gasteiger partial charge in [-0.1, -0.05) is 17.3 Å². The van der Waals surface area contributed by atoms with Crippen LogP contribution in [0.5, 0.6) is 5.75 Å². The zero-order valence-corrected chi connectivity index (χ0v) is 11.7. The number of non-ortho nitro benzene ring substituents is 1. The molecule has 1 aromatic heterocycles. The molecule has 3 rings (SSSR count). The van der Waals surface area contributed by atoms with E-state index >= 15 is 0 Å². The van der Waals surface area contributed by atoms with Crippen molar-refractivity contribution in [1.29, 1.82) is 0 Å².